The van der Waals surface area contributed by atoms with Gasteiger partial charge in [-0.05, 0) is 43.2 Å². The first-order valence-electron chi connectivity index (χ1n) is 10.2. The first-order valence-corrected chi connectivity index (χ1v) is 10.2. The highest BCUT2D eigenvalue weighted by Gasteiger charge is 2.54. The van der Waals surface area contributed by atoms with E-state index in [1.807, 2.05) is 24.3 Å². The number of rotatable bonds is 4. The van der Waals surface area contributed by atoms with E-state index in [2.05, 4.69) is 24.1 Å². The Morgan fingerprint density at radius 1 is 1.19 bits per heavy atom. The fourth-order valence-electron chi connectivity index (χ4n) is 4.99. The van der Waals surface area contributed by atoms with E-state index < -0.39 is 0 Å². The second-order valence-corrected chi connectivity index (χ2v) is 8.78. The van der Waals surface area contributed by atoms with E-state index in [4.69, 9.17) is 0 Å². The van der Waals surface area contributed by atoms with E-state index in [0.29, 0.717) is 12.0 Å². The largest absolute Gasteiger partial charge is 0.353 e. The van der Waals surface area contributed by atoms with E-state index in [1.54, 1.807) is 0 Å². The minimum Gasteiger partial charge on any atom is -0.353 e. The van der Waals surface area contributed by atoms with E-state index in [1.165, 1.54) is 6.42 Å². The molecule has 1 aromatic rings. The van der Waals surface area contributed by atoms with Gasteiger partial charge in [-0.1, -0.05) is 51.3 Å². The average molecular weight is 354 g/mol. The normalized spacial score (nSPS) is 24.7. The van der Waals surface area contributed by atoms with Gasteiger partial charge in [-0.15, -0.1) is 0 Å². The second kappa shape index (κ2) is 6.71. The Balaban J connectivity index is 1.83. The minimum absolute atomic E-state index is 0.117. The monoisotopic (exact) mass is 354 g/mol. The van der Waals surface area contributed by atoms with Crippen molar-refractivity contribution in [2.45, 2.75) is 76.3 Å². The molecule has 1 atom stereocenters. The summed E-state index contributed by atoms with van der Waals surface area (Å²) in [5.74, 6) is 0.390. The number of hydrogen-bond donors (Lipinski definition) is 1. The number of hydrogen-bond acceptors (Lipinski definition) is 2. The van der Waals surface area contributed by atoms with Crippen molar-refractivity contribution in [1.82, 2.24) is 10.2 Å². The van der Waals surface area contributed by atoms with Gasteiger partial charge in [0.25, 0.3) is 5.91 Å². The zero-order chi connectivity index (χ0) is 18.3. The van der Waals surface area contributed by atoms with Gasteiger partial charge in [0.15, 0.2) is 0 Å². The van der Waals surface area contributed by atoms with Crippen molar-refractivity contribution < 1.29 is 9.59 Å². The van der Waals surface area contributed by atoms with E-state index in [0.717, 1.165) is 56.2 Å². The number of carbonyl (C=O) groups is 2. The molecule has 140 valence electrons. The van der Waals surface area contributed by atoms with Gasteiger partial charge in [0.2, 0.25) is 5.91 Å². The summed E-state index contributed by atoms with van der Waals surface area (Å²) in [7, 11) is 0. The summed E-state index contributed by atoms with van der Waals surface area (Å²) < 4.78 is 0. The van der Waals surface area contributed by atoms with Crippen LogP contribution in [0.3, 0.4) is 0 Å². The van der Waals surface area contributed by atoms with E-state index in [9.17, 15) is 9.59 Å². The lowest BCUT2D eigenvalue weighted by atomic mass is 9.65. The minimum atomic E-state index is -0.354. The van der Waals surface area contributed by atoms with Crippen LogP contribution in [0.4, 0.5) is 0 Å². The molecule has 4 rings (SSSR count). The summed E-state index contributed by atoms with van der Waals surface area (Å²) >= 11 is 0. The maximum atomic E-state index is 13.4. The van der Waals surface area contributed by atoms with Gasteiger partial charge in [0, 0.05) is 18.2 Å². The number of benzene rings is 1. The molecule has 0 bridgehead atoms. The Labute approximate surface area is 156 Å². The van der Waals surface area contributed by atoms with Crippen LogP contribution in [0.1, 0.15) is 80.6 Å². The molecular weight excluding hydrogens is 324 g/mol. The predicted molar refractivity (Wildman–Crippen MR) is 102 cm³/mol. The Morgan fingerprint density at radius 3 is 2.54 bits per heavy atom. The molecule has 1 aliphatic heterocycles. The van der Waals surface area contributed by atoms with Gasteiger partial charge < -0.3 is 10.2 Å². The molecule has 2 fully saturated rings. The zero-order valence-corrected chi connectivity index (χ0v) is 16.0. The Bertz CT molecular complexity index is 702. The van der Waals surface area contributed by atoms with Crippen LogP contribution >= 0.6 is 0 Å². The van der Waals surface area contributed by atoms with E-state index in [-0.39, 0.29) is 23.3 Å². The third-order valence-corrected chi connectivity index (χ3v) is 6.28. The number of nitrogens with zero attached hydrogens (tertiary/aromatic N) is 1. The van der Waals surface area contributed by atoms with E-state index >= 15 is 0 Å². The highest BCUT2D eigenvalue weighted by atomic mass is 16.2. The maximum Gasteiger partial charge on any atom is 0.254 e. The first-order chi connectivity index (χ1) is 12.5. The lowest BCUT2D eigenvalue weighted by Gasteiger charge is -2.54. The van der Waals surface area contributed by atoms with Crippen LogP contribution in [0.15, 0.2) is 24.3 Å². The quantitative estimate of drug-likeness (QED) is 0.892. The maximum absolute atomic E-state index is 13.4. The van der Waals surface area contributed by atoms with Crippen LogP contribution in [0.5, 0.6) is 0 Å². The number of nitrogens with one attached hydrogen (secondary N) is 1. The van der Waals surface area contributed by atoms with Gasteiger partial charge in [-0.3, -0.25) is 9.59 Å². The first kappa shape index (κ1) is 17.6. The van der Waals surface area contributed by atoms with Gasteiger partial charge >= 0.3 is 0 Å². The van der Waals surface area contributed by atoms with Crippen LogP contribution in [0.2, 0.25) is 0 Å². The lowest BCUT2D eigenvalue weighted by molar-refractivity contribution is -0.127. The van der Waals surface area contributed by atoms with Gasteiger partial charge in [-0.2, -0.15) is 0 Å². The summed E-state index contributed by atoms with van der Waals surface area (Å²) in [6.45, 7) is 5.04. The topological polar surface area (TPSA) is 49.4 Å². The van der Waals surface area contributed by atoms with Crippen LogP contribution in [0.25, 0.3) is 0 Å². The lowest BCUT2D eigenvalue weighted by Crippen LogP contribution is -2.63. The molecule has 2 aliphatic carbocycles. The van der Waals surface area contributed by atoms with Gasteiger partial charge in [0.1, 0.15) is 0 Å². The third kappa shape index (κ3) is 2.93. The number of fused-ring (bicyclic) bond motifs is 1. The van der Waals surface area contributed by atoms with Crippen molar-refractivity contribution in [2.75, 3.05) is 6.54 Å². The fraction of sp³-hybridized carbons (Fsp3) is 0.636. The molecule has 4 nitrogen and oxygen atoms in total. The van der Waals surface area contributed by atoms with Crippen molar-refractivity contribution in [2.24, 2.45) is 5.92 Å². The number of carbonyl (C=O) groups excluding carboxylic acids is 2. The third-order valence-electron chi connectivity index (χ3n) is 6.28. The highest BCUT2D eigenvalue weighted by molar-refractivity contribution is 6.02. The zero-order valence-electron chi connectivity index (χ0n) is 16.0. The predicted octanol–water partition coefficient (Wildman–Crippen LogP) is 3.86. The molecule has 3 aliphatic rings. The molecule has 0 unspecified atom stereocenters. The molecule has 0 radical (unpaired) electrons. The SMILES string of the molecule is CC(C)CN1C(=O)c2ccccc2[C@H](C(=O)NC2CC2)C12CCCCC2. The average Bonchev–Trinajstić information content (AvgIpc) is 3.43. The molecular formula is C22H30N2O2. The molecule has 1 aromatic carbocycles. The molecule has 2 saturated carbocycles. The smallest absolute Gasteiger partial charge is 0.254 e. The van der Waals surface area contributed by atoms with Gasteiger partial charge in [0.05, 0.1) is 11.5 Å². The Kier molecular flexibility index (Phi) is 4.54. The molecule has 4 heteroatoms. The van der Waals surface area contributed by atoms with Crippen molar-refractivity contribution in [3.63, 3.8) is 0 Å². The molecule has 1 spiro atoms. The van der Waals surface area contributed by atoms with Crippen LogP contribution < -0.4 is 5.32 Å². The molecule has 26 heavy (non-hydrogen) atoms. The Hall–Kier alpha value is -1.84. The molecule has 1 N–H and O–H groups in total. The molecule has 0 aromatic heterocycles. The molecule has 1 heterocycles. The standard InChI is InChI=1S/C22H30N2O2/c1-15(2)14-24-21(26)18-9-5-4-8-17(18)19(20(25)23-16-10-11-16)22(24)12-6-3-7-13-22/h4-5,8-9,15-16,19H,3,6-7,10-14H2,1-2H3,(H,23,25)/t19-/m1/s1. The Morgan fingerprint density at radius 2 is 1.88 bits per heavy atom. The summed E-state index contributed by atoms with van der Waals surface area (Å²) in [5.41, 5.74) is 1.31. The summed E-state index contributed by atoms with van der Waals surface area (Å²) in [6, 6.07) is 8.13. The summed E-state index contributed by atoms with van der Waals surface area (Å²) in [5, 5.41) is 3.25. The highest BCUT2D eigenvalue weighted by Crippen LogP contribution is 2.49. The molecule has 2 amide bonds. The number of amides is 2. The van der Waals surface area contributed by atoms with Crippen LogP contribution in [-0.4, -0.2) is 34.8 Å². The summed E-state index contributed by atoms with van der Waals surface area (Å²) in [6.07, 6.45) is 7.42. The summed E-state index contributed by atoms with van der Waals surface area (Å²) in [4.78, 5) is 28.9. The second-order valence-electron chi connectivity index (χ2n) is 8.78. The van der Waals surface area contributed by atoms with Crippen molar-refractivity contribution in [3.8, 4) is 0 Å². The molecule has 0 saturated heterocycles. The van der Waals surface area contributed by atoms with Crippen LogP contribution in [0, 0.1) is 5.92 Å². The van der Waals surface area contributed by atoms with Crippen LogP contribution in [-0.2, 0) is 4.79 Å². The fourth-order valence-corrected chi connectivity index (χ4v) is 4.99. The van der Waals surface area contributed by atoms with Crippen molar-refractivity contribution >= 4 is 11.8 Å². The van der Waals surface area contributed by atoms with Gasteiger partial charge in [-0.25, -0.2) is 0 Å². The van der Waals surface area contributed by atoms with Crippen molar-refractivity contribution in [1.29, 1.82) is 0 Å². The van der Waals surface area contributed by atoms with Crippen molar-refractivity contribution in [3.05, 3.63) is 35.4 Å².